The van der Waals surface area contributed by atoms with Crippen molar-refractivity contribution >= 4 is 16.3 Å². The van der Waals surface area contributed by atoms with Gasteiger partial charge in [0.15, 0.2) is 0 Å². The van der Waals surface area contributed by atoms with E-state index in [1.165, 1.54) is 7.05 Å². The first-order chi connectivity index (χ1) is 8.20. The van der Waals surface area contributed by atoms with E-state index in [4.69, 9.17) is 10.5 Å². The molecule has 0 aromatic heterocycles. The lowest BCUT2D eigenvalue weighted by atomic mass is 9.81. The van der Waals surface area contributed by atoms with E-state index >= 15 is 0 Å². The van der Waals surface area contributed by atoms with Crippen molar-refractivity contribution in [2.45, 2.75) is 38.8 Å². The van der Waals surface area contributed by atoms with E-state index in [1.807, 2.05) is 4.72 Å². The van der Waals surface area contributed by atoms with Crippen molar-refractivity contribution < 1.29 is 17.9 Å². The van der Waals surface area contributed by atoms with Crippen molar-refractivity contribution in [2.24, 2.45) is 11.7 Å². The Labute approximate surface area is 108 Å². The predicted molar refractivity (Wildman–Crippen MR) is 67.0 cm³/mol. The molecule has 1 fully saturated rings. The van der Waals surface area contributed by atoms with Crippen LogP contribution in [0.15, 0.2) is 0 Å². The molecule has 3 N–H and O–H groups in total. The molecule has 106 valence electrons. The van der Waals surface area contributed by atoms with Crippen LogP contribution in [0.25, 0.3) is 0 Å². The molecule has 0 unspecified atom stereocenters. The monoisotopic (exact) mass is 279 g/mol. The minimum atomic E-state index is -3.83. The van der Waals surface area contributed by atoms with Gasteiger partial charge in [-0.3, -0.25) is 0 Å². The van der Waals surface area contributed by atoms with Crippen LogP contribution in [0, 0.1) is 5.92 Å². The van der Waals surface area contributed by atoms with E-state index in [1.54, 1.807) is 13.8 Å². The number of rotatable bonds is 5. The Morgan fingerprint density at radius 2 is 2.06 bits per heavy atom. The fourth-order valence-electron chi connectivity index (χ4n) is 1.82. The Balaban J connectivity index is 2.44. The zero-order chi connectivity index (χ0) is 13.9. The maximum atomic E-state index is 11.8. The van der Waals surface area contributed by atoms with Crippen molar-refractivity contribution in [2.75, 3.05) is 13.6 Å². The van der Waals surface area contributed by atoms with E-state index in [0.717, 1.165) is 17.1 Å². The summed E-state index contributed by atoms with van der Waals surface area (Å²) in [5.41, 5.74) is 5.63. The number of nitrogens with two attached hydrogens (primary N) is 1. The van der Waals surface area contributed by atoms with Gasteiger partial charge in [-0.2, -0.15) is 12.7 Å². The van der Waals surface area contributed by atoms with Crippen molar-refractivity contribution in [3.8, 4) is 0 Å². The highest BCUT2D eigenvalue weighted by atomic mass is 32.2. The minimum absolute atomic E-state index is 0.171. The highest BCUT2D eigenvalue weighted by Gasteiger charge is 2.31. The second-order valence-electron chi connectivity index (χ2n) is 4.94. The average molecular weight is 279 g/mol. The molecule has 0 aliphatic heterocycles. The molecule has 0 radical (unpaired) electrons. The third-order valence-electron chi connectivity index (χ3n) is 2.75. The number of hydrogen-bond acceptors (Lipinski definition) is 5. The lowest BCUT2D eigenvalue weighted by Gasteiger charge is -2.34. The molecule has 0 spiro atoms. The largest absolute Gasteiger partial charge is 0.446 e. The summed E-state index contributed by atoms with van der Waals surface area (Å²) in [4.78, 5) is 11.2. The number of amides is 1. The van der Waals surface area contributed by atoms with Gasteiger partial charge in [0.25, 0.3) is 0 Å². The SMILES string of the molecule is CC(C)OC(=O)NS(=O)(=O)N(C)CC1CC(N)C1. The molecule has 0 saturated heterocycles. The number of nitrogens with zero attached hydrogens (tertiary/aromatic N) is 1. The molecule has 8 heteroatoms. The van der Waals surface area contributed by atoms with Gasteiger partial charge in [0.2, 0.25) is 0 Å². The molecule has 0 aromatic rings. The van der Waals surface area contributed by atoms with Gasteiger partial charge in [-0.1, -0.05) is 0 Å². The van der Waals surface area contributed by atoms with Crippen molar-refractivity contribution in [1.29, 1.82) is 0 Å². The van der Waals surface area contributed by atoms with E-state index in [9.17, 15) is 13.2 Å². The van der Waals surface area contributed by atoms with Gasteiger partial charge in [0.1, 0.15) is 0 Å². The number of carbonyl (C=O) groups is 1. The van der Waals surface area contributed by atoms with Crippen LogP contribution in [0.2, 0.25) is 0 Å². The Kier molecular flexibility index (Phi) is 4.94. The van der Waals surface area contributed by atoms with Crippen LogP contribution in [-0.2, 0) is 14.9 Å². The maximum absolute atomic E-state index is 11.8. The molecule has 1 aliphatic carbocycles. The van der Waals surface area contributed by atoms with Gasteiger partial charge in [0, 0.05) is 19.6 Å². The first-order valence-corrected chi connectivity index (χ1v) is 7.35. The zero-order valence-electron chi connectivity index (χ0n) is 10.9. The third kappa shape index (κ3) is 4.43. The van der Waals surface area contributed by atoms with Crippen LogP contribution < -0.4 is 10.5 Å². The number of nitrogens with one attached hydrogen (secondary N) is 1. The van der Waals surface area contributed by atoms with E-state index in [-0.39, 0.29) is 18.1 Å². The third-order valence-corrected chi connectivity index (χ3v) is 4.15. The molecule has 7 nitrogen and oxygen atoms in total. The Hall–Kier alpha value is -0.860. The predicted octanol–water partition coefficient (Wildman–Crippen LogP) is 0.0349. The first kappa shape index (κ1) is 15.2. The highest BCUT2D eigenvalue weighted by molar-refractivity contribution is 7.87. The van der Waals surface area contributed by atoms with Crippen LogP contribution in [0.1, 0.15) is 26.7 Å². The minimum Gasteiger partial charge on any atom is -0.446 e. The standard InChI is InChI=1S/C10H21N3O4S/c1-7(2)17-10(14)12-18(15,16)13(3)6-8-4-9(11)5-8/h7-9H,4-6,11H2,1-3H3,(H,12,14). The fourth-order valence-corrected chi connectivity index (χ4v) is 2.64. The molecule has 18 heavy (non-hydrogen) atoms. The van der Waals surface area contributed by atoms with Gasteiger partial charge >= 0.3 is 16.3 Å². The van der Waals surface area contributed by atoms with Gasteiger partial charge in [-0.25, -0.2) is 9.52 Å². The summed E-state index contributed by atoms with van der Waals surface area (Å²) in [7, 11) is -2.40. The van der Waals surface area contributed by atoms with E-state index < -0.39 is 16.3 Å². The Morgan fingerprint density at radius 1 is 1.50 bits per heavy atom. The Morgan fingerprint density at radius 3 is 2.50 bits per heavy atom. The second kappa shape index (κ2) is 5.85. The van der Waals surface area contributed by atoms with Crippen molar-refractivity contribution in [3.05, 3.63) is 0 Å². The van der Waals surface area contributed by atoms with Crippen LogP contribution in [0.5, 0.6) is 0 Å². The van der Waals surface area contributed by atoms with E-state index in [0.29, 0.717) is 6.54 Å². The molecule has 0 atom stereocenters. The van der Waals surface area contributed by atoms with Crippen LogP contribution >= 0.6 is 0 Å². The number of hydrogen-bond donors (Lipinski definition) is 2. The Bertz CT molecular complexity index is 390. The summed E-state index contributed by atoms with van der Waals surface area (Å²) < 4.78 is 31.2. The van der Waals surface area contributed by atoms with Crippen LogP contribution in [0.3, 0.4) is 0 Å². The quantitative estimate of drug-likeness (QED) is 0.739. The summed E-state index contributed by atoms with van der Waals surface area (Å²) in [5.74, 6) is 0.266. The van der Waals surface area contributed by atoms with Crippen molar-refractivity contribution in [3.63, 3.8) is 0 Å². The first-order valence-electron chi connectivity index (χ1n) is 5.91. The summed E-state index contributed by atoms with van der Waals surface area (Å²) in [6, 6.07) is 0.171. The summed E-state index contributed by atoms with van der Waals surface area (Å²) in [5, 5.41) is 0. The average Bonchev–Trinajstić information content (AvgIpc) is 2.12. The van der Waals surface area contributed by atoms with E-state index in [2.05, 4.69) is 0 Å². The van der Waals surface area contributed by atoms with Gasteiger partial charge < -0.3 is 10.5 Å². The molecular formula is C10H21N3O4S. The van der Waals surface area contributed by atoms with Gasteiger partial charge in [-0.15, -0.1) is 0 Å². The molecule has 1 amide bonds. The molecule has 1 rings (SSSR count). The van der Waals surface area contributed by atoms with Gasteiger partial charge in [0.05, 0.1) is 6.10 Å². The molecule has 1 saturated carbocycles. The number of ether oxygens (including phenoxy) is 1. The fraction of sp³-hybridized carbons (Fsp3) is 0.900. The number of carbonyl (C=O) groups excluding carboxylic acids is 1. The topological polar surface area (TPSA) is 102 Å². The van der Waals surface area contributed by atoms with Crippen LogP contribution in [0.4, 0.5) is 4.79 Å². The van der Waals surface area contributed by atoms with Gasteiger partial charge in [-0.05, 0) is 32.6 Å². The summed E-state index contributed by atoms with van der Waals surface area (Å²) >= 11 is 0. The molecular weight excluding hydrogens is 258 g/mol. The summed E-state index contributed by atoms with van der Waals surface area (Å²) in [6.07, 6.45) is 0.310. The zero-order valence-corrected chi connectivity index (χ0v) is 11.7. The normalized spacial score (nSPS) is 23.9. The maximum Gasteiger partial charge on any atom is 0.422 e. The highest BCUT2D eigenvalue weighted by Crippen LogP contribution is 2.26. The lowest BCUT2D eigenvalue weighted by molar-refractivity contribution is 0.120. The lowest BCUT2D eigenvalue weighted by Crippen LogP contribution is -2.47. The molecule has 0 aromatic carbocycles. The van der Waals surface area contributed by atoms with Crippen molar-refractivity contribution in [1.82, 2.24) is 9.03 Å². The second-order valence-corrected chi connectivity index (χ2v) is 6.72. The summed E-state index contributed by atoms with van der Waals surface area (Å²) in [6.45, 7) is 3.65. The molecule has 1 aliphatic rings. The molecule has 0 heterocycles. The molecule has 0 bridgehead atoms. The smallest absolute Gasteiger partial charge is 0.422 e. The van der Waals surface area contributed by atoms with Crippen LogP contribution in [-0.4, -0.2) is 44.6 Å².